The first-order chi connectivity index (χ1) is 10.9. The van der Waals surface area contributed by atoms with Crippen LogP contribution in [0.4, 0.5) is 0 Å². The van der Waals surface area contributed by atoms with Crippen LogP contribution in [0.15, 0.2) is 78.9 Å². The van der Waals surface area contributed by atoms with Crippen molar-refractivity contribution in [3.8, 4) is 11.1 Å². The Labute approximate surface area is 137 Å². The molecular formula is C21H16Se. The molecule has 0 nitrogen and oxygen atoms in total. The van der Waals surface area contributed by atoms with Gasteiger partial charge in [-0.3, -0.25) is 0 Å². The first kappa shape index (κ1) is 12.7. The van der Waals surface area contributed by atoms with Crippen LogP contribution in [0.2, 0.25) is 4.82 Å². The molecule has 1 saturated carbocycles. The summed E-state index contributed by atoms with van der Waals surface area (Å²) in [6.07, 6.45) is 0. The van der Waals surface area contributed by atoms with E-state index in [-0.39, 0.29) is 0 Å². The van der Waals surface area contributed by atoms with Gasteiger partial charge >= 0.3 is 137 Å². The zero-order chi connectivity index (χ0) is 14.5. The van der Waals surface area contributed by atoms with Crippen molar-refractivity contribution in [1.29, 1.82) is 0 Å². The van der Waals surface area contributed by atoms with Crippen LogP contribution in [0.25, 0.3) is 11.1 Å². The fourth-order valence-corrected chi connectivity index (χ4v) is 6.96. The molecule has 106 valence electrons. The average Bonchev–Trinajstić information content (AvgIpc) is 3.30. The van der Waals surface area contributed by atoms with Gasteiger partial charge in [-0.15, -0.1) is 0 Å². The van der Waals surface area contributed by atoms with Gasteiger partial charge in [0.25, 0.3) is 0 Å². The molecule has 1 unspecified atom stereocenters. The molecule has 2 aliphatic carbocycles. The minimum atomic E-state index is 0.557. The second kappa shape index (κ2) is 4.84. The van der Waals surface area contributed by atoms with Gasteiger partial charge in [-0.2, -0.15) is 0 Å². The summed E-state index contributed by atoms with van der Waals surface area (Å²) in [7, 11) is 0. The first-order valence-corrected chi connectivity index (χ1v) is 9.68. The van der Waals surface area contributed by atoms with Gasteiger partial charge < -0.3 is 0 Å². The minimum absolute atomic E-state index is 0.557. The van der Waals surface area contributed by atoms with Gasteiger partial charge in [0.1, 0.15) is 0 Å². The molecule has 3 atom stereocenters. The van der Waals surface area contributed by atoms with E-state index in [0.717, 1.165) is 16.7 Å². The Kier molecular flexibility index (Phi) is 2.79. The summed E-state index contributed by atoms with van der Waals surface area (Å²) in [6, 6.07) is 29.1. The predicted octanol–water partition coefficient (Wildman–Crippen LogP) is 4.37. The van der Waals surface area contributed by atoms with E-state index in [1.54, 1.807) is 11.1 Å². The predicted molar refractivity (Wildman–Crippen MR) is 92.9 cm³/mol. The summed E-state index contributed by atoms with van der Waals surface area (Å²) in [4.78, 5) is 0.819. The van der Waals surface area contributed by atoms with Crippen LogP contribution in [-0.2, 0) is 0 Å². The first-order valence-electron chi connectivity index (χ1n) is 7.83. The summed E-state index contributed by atoms with van der Waals surface area (Å²) in [5, 5.41) is 0. The quantitative estimate of drug-likeness (QED) is 0.604. The molecule has 5 rings (SSSR count). The molecule has 0 saturated heterocycles. The number of benzene rings is 3. The molecule has 2 aliphatic rings. The summed E-state index contributed by atoms with van der Waals surface area (Å²) in [5.41, 5.74) is 6.08. The van der Waals surface area contributed by atoms with E-state index >= 15 is 0 Å². The number of fused-ring (bicyclic) bond motifs is 6. The van der Waals surface area contributed by atoms with E-state index in [0.29, 0.717) is 15.0 Å². The molecule has 0 aliphatic heterocycles. The van der Waals surface area contributed by atoms with Crippen molar-refractivity contribution in [3.63, 3.8) is 0 Å². The van der Waals surface area contributed by atoms with Crippen LogP contribution in [0.5, 0.6) is 0 Å². The second-order valence-electron chi connectivity index (χ2n) is 6.12. The van der Waals surface area contributed by atoms with Crippen LogP contribution < -0.4 is 4.46 Å². The summed E-state index contributed by atoms with van der Waals surface area (Å²) < 4.78 is 1.53. The third-order valence-electron chi connectivity index (χ3n) is 4.90. The van der Waals surface area contributed by atoms with Crippen molar-refractivity contribution in [3.05, 3.63) is 90.0 Å². The SMILES string of the molecule is c1ccc([Se]C2[C@H]3c4ccccc4-c4ccccc4[C@@H]23)cc1. The molecule has 1 heteroatoms. The summed E-state index contributed by atoms with van der Waals surface area (Å²) in [5.74, 6) is 1.48. The molecule has 0 aromatic heterocycles. The molecule has 0 heterocycles. The Bertz CT molecular complexity index is 786. The average molecular weight is 347 g/mol. The van der Waals surface area contributed by atoms with Crippen LogP contribution >= 0.6 is 0 Å². The van der Waals surface area contributed by atoms with Crippen molar-refractivity contribution in [1.82, 2.24) is 0 Å². The number of hydrogen-bond acceptors (Lipinski definition) is 0. The Balaban J connectivity index is 1.60. The molecular weight excluding hydrogens is 331 g/mol. The molecule has 0 N–H and O–H groups in total. The monoisotopic (exact) mass is 348 g/mol. The maximum atomic E-state index is 2.35. The van der Waals surface area contributed by atoms with Crippen molar-refractivity contribution < 1.29 is 0 Å². The van der Waals surface area contributed by atoms with Crippen LogP contribution in [0.1, 0.15) is 23.0 Å². The van der Waals surface area contributed by atoms with Crippen LogP contribution in [0.3, 0.4) is 0 Å². The molecule has 0 amide bonds. The van der Waals surface area contributed by atoms with E-state index in [1.807, 2.05) is 0 Å². The summed E-state index contributed by atoms with van der Waals surface area (Å²) in [6.45, 7) is 0. The molecule has 0 spiro atoms. The van der Waals surface area contributed by atoms with E-state index < -0.39 is 0 Å². The van der Waals surface area contributed by atoms with Gasteiger partial charge in [0, 0.05) is 0 Å². The third-order valence-corrected chi connectivity index (χ3v) is 7.84. The Hall–Kier alpha value is -1.82. The second-order valence-corrected chi connectivity index (χ2v) is 8.75. The van der Waals surface area contributed by atoms with Crippen molar-refractivity contribution in [2.24, 2.45) is 0 Å². The summed E-state index contributed by atoms with van der Waals surface area (Å²) >= 11 is 0.557. The fourth-order valence-electron chi connectivity index (χ4n) is 3.89. The van der Waals surface area contributed by atoms with E-state index in [2.05, 4.69) is 78.9 Å². The standard InChI is InChI=1S/C21H16Se/c1-2-8-14(9-3-1)22-21-19-17-12-6-4-10-15(17)16-11-5-7-13-18(16)20(19)21/h1-13,19-21H/t19-,20+,21?. The normalized spacial score (nSPS) is 24.1. The molecule has 0 radical (unpaired) electrons. The van der Waals surface area contributed by atoms with Gasteiger partial charge in [0.2, 0.25) is 0 Å². The Morgan fingerprint density at radius 3 is 1.64 bits per heavy atom. The molecule has 3 aromatic carbocycles. The molecule has 1 fully saturated rings. The Morgan fingerprint density at radius 2 is 1.05 bits per heavy atom. The van der Waals surface area contributed by atoms with Gasteiger partial charge in [-0.05, 0) is 0 Å². The van der Waals surface area contributed by atoms with E-state index in [1.165, 1.54) is 15.6 Å². The van der Waals surface area contributed by atoms with Crippen molar-refractivity contribution in [2.45, 2.75) is 16.7 Å². The Morgan fingerprint density at radius 1 is 0.545 bits per heavy atom. The van der Waals surface area contributed by atoms with Gasteiger partial charge in [-0.1, -0.05) is 0 Å². The van der Waals surface area contributed by atoms with E-state index in [9.17, 15) is 0 Å². The number of rotatable bonds is 2. The van der Waals surface area contributed by atoms with Crippen LogP contribution in [-0.4, -0.2) is 15.0 Å². The topological polar surface area (TPSA) is 0 Å². The van der Waals surface area contributed by atoms with Crippen molar-refractivity contribution >= 4 is 19.4 Å². The van der Waals surface area contributed by atoms with Crippen LogP contribution in [0, 0.1) is 0 Å². The molecule has 22 heavy (non-hydrogen) atoms. The van der Waals surface area contributed by atoms with Gasteiger partial charge in [0.05, 0.1) is 0 Å². The molecule has 0 bridgehead atoms. The van der Waals surface area contributed by atoms with Crippen molar-refractivity contribution in [2.75, 3.05) is 0 Å². The zero-order valence-corrected chi connectivity index (χ0v) is 13.9. The zero-order valence-electron chi connectivity index (χ0n) is 12.1. The fraction of sp³-hybridized carbons (Fsp3) is 0.143. The third kappa shape index (κ3) is 1.83. The van der Waals surface area contributed by atoms with E-state index in [4.69, 9.17) is 0 Å². The maximum absolute atomic E-state index is 2.35. The number of hydrogen-bond donors (Lipinski definition) is 0. The molecule has 3 aromatic rings. The van der Waals surface area contributed by atoms with Gasteiger partial charge in [0.15, 0.2) is 0 Å². The van der Waals surface area contributed by atoms with Gasteiger partial charge in [-0.25, -0.2) is 0 Å².